The number of nitrogens with zero attached hydrogens (tertiary/aromatic N) is 1. The molecule has 0 bridgehead atoms. The molecular formula is C5H10N2O. The SMILES string of the molecule is C/C=N\C=C(\N)OC. The fourth-order valence-corrected chi connectivity index (χ4v) is 0.201. The van der Waals surface area contributed by atoms with Crippen LogP contribution in [-0.4, -0.2) is 13.3 Å². The van der Waals surface area contributed by atoms with Crippen LogP contribution in [0.3, 0.4) is 0 Å². The molecule has 0 atom stereocenters. The Morgan fingerprint density at radius 1 is 1.75 bits per heavy atom. The highest BCUT2D eigenvalue weighted by atomic mass is 16.5. The van der Waals surface area contributed by atoms with Gasteiger partial charge < -0.3 is 10.5 Å². The molecule has 0 aliphatic rings. The minimum Gasteiger partial charge on any atom is -0.482 e. The van der Waals surface area contributed by atoms with Crippen LogP contribution >= 0.6 is 0 Å². The van der Waals surface area contributed by atoms with Crippen LogP contribution in [0.1, 0.15) is 6.92 Å². The van der Waals surface area contributed by atoms with Gasteiger partial charge in [0.2, 0.25) is 5.88 Å². The second-order valence-corrected chi connectivity index (χ2v) is 1.14. The first kappa shape index (κ1) is 7.01. The summed E-state index contributed by atoms with van der Waals surface area (Å²) in [5, 5.41) is 0. The van der Waals surface area contributed by atoms with E-state index >= 15 is 0 Å². The predicted molar refractivity (Wildman–Crippen MR) is 33.4 cm³/mol. The quantitative estimate of drug-likeness (QED) is 0.419. The number of ether oxygens (including phenoxy) is 1. The van der Waals surface area contributed by atoms with E-state index in [9.17, 15) is 0 Å². The zero-order chi connectivity index (χ0) is 6.41. The Bertz CT molecular complexity index is 107. The monoisotopic (exact) mass is 114 g/mol. The van der Waals surface area contributed by atoms with Crippen LogP contribution in [0, 0.1) is 0 Å². The fraction of sp³-hybridized carbons (Fsp3) is 0.400. The summed E-state index contributed by atoms with van der Waals surface area (Å²) in [4.78, 5) is 3.71. The second-order valence-electron chi connectivity index (χ2n) is 1.14. The summed E-state index contributed by atoms with van der Waals surface area (Å²) in [6, 6.07) is 0. The highest BCUT2D eigenvalue weighted by molar-refractivity contribution is 5.54. The topological polar surface area (TPSA) is 47.6 Å². The van der Waals surface area contributed by atoms with Crippen molar-refractivity contribution in [3.8, 4) is 0 Å². The molecule has 0 unspecified atom stereocenters. The van der Waals surface area contributed by atoms with E-state index in [0.29, 0.717) is 5.88 Å². The van der Waals surface area contributed by atoms with E-state index in [1.54, 1.807) is 13.1 Å². The molecule has 0 aromatic rings. The van der Waals surface area contributed by atoms with Crippen molar-refractivity contribution in [2.75, 3.05) is 7.11 Å². The highest BCUT2D eigenvalue weighted by Gasteiger charge is 1.76. The first-order valence-electron chi connectivity index (χ1n) is 2.28. The normalized spacial score (nSPS) is 12.5. The molecule has 3 nitrogen and oxygen atoms in total. The lowest BCUT2D eigenvalue weighted by Gasteiger charge is -1.92. The van der Waals surface area contributed by atoms with Crippen LogP contribution < -0.4 is 5.73 Å². The first-order chi connectivity index (χ1) is 3.81. The van der Waals surface area contributed by atoms with Gasteiger partial charge >= 0.3 is 0 Å². The molecule has 0 aromatic heterocycles. The van der Waals surface area contributed by atoms with Crippen molar-refractivity contribution in [2.45, 2.75) is 6.92 Å². The van der Waals surface area contributed by atoms with Crippen LogP contribution in [0.25, 0.3) is 0 Å². The molecule has 0 fully saturated rings. The van der Waals surface area contributed by atoms with Gasteiger partial charge in [0.15, 0.2) is 0 Å². The summed E-state index contributed by atoms with van der Waals surface area (Å²) >= 11 is 0. The lowest BCUT2D eigenvalue weighted by molar-refractivity contribution is 0.286. The predicted octanol–water partition coefficient (Wildman–Crippen LogP) is 0.481. The van der Waals surface area contributed by atoms with Gasteiger partial charge in [0.25, 0.3) is 0 Å². The first-order valence-corrected chi connectivity index (χ1v) is 2.28. The Kier molecular flexibility index (Phi) is 3.66. The molecule has 0 saturated heterocycles. The van der Waals surface area contributed by atoms with Crippen LogP contribution in [0.2, 0.25) is 0 Å². The van der Waals surface area contributed by atoms with E-state index in [1.807, 2.05) is 0 Å². The van der Waals surface area contributed by atoms with Gasteiger partial charge in [-0.05, 0) is 6.92 Å². The molecule has 0 aliphatic carbocycles. The number of methoxy groups -OCH3 is 1. The van der Waals surface area contributed by atoms with Crippen molar-refractivity contribution in [3.05, 3.63) is 12.1 Å². The third-order valence-corrected chi connectivity index (χ3v) is 0.587. The Labute approximate surface area is 48.9 Å². The van der Waals surface area contributed by atoms with Crippen LogP contribution in [0.15, 0.2) is 17.1 Å². The summed E-state index contributed by atoms with van der Waals surface area (Å²) < 4.78 is 4.58. The summed E-state index contributed by atoms with van der Waals surface area (Å²) in [6.07, 6.45) is 3.08. The summed E-state index contributed by atoms with van der Waals surface area (Å²) in [6.45, 7) is 1.80. The van der Waals surface area contributed by atoms with E-state index in [1.165, 1.54) is 13.3 Å². The van der Waals surface area contributed by atoms with Crippen molar-refractivity contribution in [3.63, 3.8) is 0 Å². The summed E-state index contributed by atoms with van der Waals surface area (Å²) in [5.74, 6) is 0.322. The van der Waals surface area contributed by atoms with E-state index in [0.717, 1.165) is 0 Å². The van der Waals surface area contributed by atoms with E-state index in [2.05, 4.69) is 9.73 Å². The van der Waals surface area contributed by atoms with E-state index in [-0.39, 0.29) is 0 Å². The van der Waals surface area contributed by atoms with Crippen molar-refractivity contribution in [2.24, 2.45) is 10.7 Å². The molecule has 8 heavy (non-hydrogen) atoms. The molecule has 0 aliphatic heterocycles. The van der Waals surface area contributed by atoms with Gasteiger partial charge in [-0.1, -0.05) is 0 Å². The lowest BCUT2D eigenvalue weighted by Crippen LogP contribution is -1.97. The molecule has 0 aromatic carbocycles. The zero-order valence-electron chi connectivity index (χ0n) is 5.09. The molecule has 3 heteroatoms. The molecule has 0 spiro atoms. The maximum Gasteiger partial charge on any atom is 0.202 e. The molecule has 0 rings (SSSR count). The molecule has 46 valence electrons. The number of nitrogens with two attached hydrogens (primary N) is 1. The largest absolute Gasteiger partial charge is 0.482 e. The van der Waals surface area contributed by atoms with Crippen molar-refractivity contribution < 1.29 is 4.74 Å². The average molecular weight is 114 g/mol. The molecule has 0 amide bonds. The Balaban J connectivity index is 3.57. The third-order valence-electron chi connectivity index (χ3n) is 0.587. The lowest BCUT2D eigenvalue weighted by atomic mass is 10.8. The van der Waals surface area contributed by atoms with Crippen molar-refractivity contribution >= 4 is 6.21 Å². The summed E-state index contributed by atoms with van der Waals surface area (Å²) in [7, 11) is 1.50. The van der Waals surface area contributed by atoms with Crippen molar-refractivity contribution in [1.82, 2.24) is 0 Å². The van der Waals surface area contributed by atoms with Crippen LogP contribution in [0.4, 0.5) is 0 Å². The zero-order valence-corrected chi connectivity index (χ0v) is 5.09. The number of aliphatic imine (C=N–C) groups is 1. The maximum absolute atomic E-state index is 5.18. The summed E-state index contributed by atoms with van der Waals surface area (Å²) in [5.41, 5.74) is 5.18. The average Bonchev–Trinajstić information content (AvgIpc) is 1.83. The Morgan fingerprint density at radius 3 is 2.75 bits per heavy atom. The van der Waals surface area contributed by atoms with E-state index in [4.69, 9.17) is 5.73 Å². The minimum atomic E-state index is 0.322. The third kappa shape index (κ3) is 3.21. The highest BCUT2D eigenvalue weighted by Crippen LogP contribution is 1.81. The van der Waals surface area contributed by atoms with Gasteiger partial charge in [-0.2, -0.15) is 0 Å². The Hall–Kier alpha value is -0.990. The smallest absolute Gasteiger partial charge is 0.202 e. The minimum absolute atomic E-state index is 0.322. The molecular weight excluding hydrogens is 104 g/mol. The van der Waals surface area contributed by atoms with E-state index < -0.39 is 0 Å². The van der Waals surface area contributed by atoms with Gasteiger partial charge in [0.1, 0.15) is 0 Å². The van der Waals surface area contributed by atoms with Gasteiger partial charge in [-0.3, -0.25) is 4.99 Å². The van der Waals surface area contributed by atoms with Crippen LogP contribution in [0.5, 0.6) is 0 Å². The van der Waals surface area contributed by atoms with Gasteiger partial charge in [-0.15, -0.1) is 0 Å². The standard InChI is InChI=1S/C5H10N2O/c1-3-7-4-5(6)8-2/h3-4H,6H2,1-2H3/b5-4-,7-3-. The van der Waals surface area contributed by atoms with Gasteiger partial charge in [0.05, 0.1) is 13.3 Å². The second kappa shape index (κ2) is 4.18. The fourth-order valence-electron chi connectivity index (χ4n) is 0.201. The molecule has 0 saturated carbocycles. The number of rotatable bonds is 2. The number of hydrogen-bond acceptors (Lipinski definition) is 3. The van der Waals surface area contributed by atoms with Crippen molar-refractivity contribution in [1.29, 1.82) is 0 Å². The Morgan fingerprint density at radius 2 is 2.38 bits per heavy atom. The van der Waals surface area contributed by atoms with Gasteiger partial charge in [0, 0.05) is 6.21 Å². The number of hydrogen-bond donors (Lipinski definition) is 1. The maximum atomic E-state index is 5.18. The molecule has 0 heterocycles. The molecule has 0 radical (unpaired) electrons. The molecule has 2 N–H and O–H groups in total. The van der Waals surface area contributed by atoms with Gasteiger partial charge in [-0.25, -0.2) is 0 Å². The van der Waals surface area contributed by atoms with Crippen LogP contribution in [-0.2, 0) is 4.74 Å².